The van der Waals surface area contributed by atoms with Gasteiger partial charge >= 0.3 is 0 Å². The van der Waals surface area contributed by atoms with Crippen molar-refractivity contribution >= 4 is 0 Å². The molecule has 3 N–H and O–H groups in total. The van der Waals surface area contributed by atoms with Gasteiger partial charge in [0.15, 0.2) is 0 Å². The lowest BCUT2D eigenvalue weighted by atomic mass is 9.88. The summed E-state index contributed by atoms with van der Waals surface area (Å²) in [7, 11) is 0. The van der Waals surface area contributed by atoms with Crippen LogP contribution in [0.3, 0.4) is 0 Å². The minimum absolute atomic E-state index is 0.0934. The van der Waals surface area contributed by atoms with Gasteiger partial charge in [-0.3, -0.25) is 5.32 Å². The molecule has 1 saturated carbocycles. The van der Waals surface area contributed by atoms with Crippen molar-refractivity contribution in [1.29, 1.82) is 0 Å². The van der Waals surface area contributed by atoms with E-state index in [-0.39, 0.29) is 11.6 Å². The molecule has 104 valence electrons. The molecule has 1 aliphatic carbocycles. The van der Waals surface area contributed by atoms with E-state index in [0.717, 1.165) is 18.8 Å². The maximum absolute atomic E-state index is 6.06. The molecule has 2 nitrogen and oxygen atoms in total. The minimum Gasteiger partial charge on any atom is -0.329 e. The summed E-state index contributed by atoms with van der Waals surface area (Å²) in [6.45, 7) is 5.20. The molecule has 0 amide bonds. The molecule has 0 saturated heterocycles. The standard InChI is InChI=1S/C16H30N2/c1-4-8-15(6-3)18-16(13-17)11-7-9-14(5-2)10-12-16/h3,14-15,18H,4-5,7-13,17H2,1-2H3. The Bertz CT molecular complexity index is 269. The fourth-order valence-electron chi connectivity index (χ4n) is 3.15. The SMILES string of the molecule is C#CC(CCC)NC1(CN)CCCC(CC)CC1. The first-order valence-corrected chi connectivity index (χ1v) is 7.63. The summed E-state index contributed by atoms with van der Waals surface area (Å²) in [6, 6.07) is 0.191. The topological polar surface area (TPSA) is 38.0 Å². The first kappa shape index (κ1) is 15.5. The highest BCUT2D eigenvalue weighted by molar-refractivity contribution is 5.04. The van der Waals surface area contributed by atoms with Crippen LogP contribution in [0.5, 0.6) is 0 Å². The molecule has 0 radical (unpaired) electrons. The number of rotatable bonds is 6. The van der Waals surface area contributed by atoms with E-state index in [1.54, 1.807) is 0 Å². The number of hydrogen-bond acceptors (Lipinski definition) is 2. The number of hydrogen-bond donors (Lipinski definition) is 2. The van der Waals surface area contributed by atoms with Crippen molar-refractivity contribution in [2.24, 2.45) is 11.7 Å². The van der Waals surface area contributed by atoms with Gasteiger partial charge in [-0.1, -0.05) is 45.5 Å². The monoisotopic (exact) mass is 250 g/mol. The van der Waals surface area contributed by atoms with Crippen LogP contribution in [-0.2, 0) is 0 Å². The van der Waals surface area contributed by atoms with E-state index in [2.05, 4.69) is 25.1 Å². The van der Waals surface area contributed by atoms with Gasteiger partial charge in [0, 0.05) is 12.1 Å². The van der Waals surface area contributed by atoms with Crippen molar-refractivity contribution in [3.63, 3.8) is 0 Å². The lowest BCUT2D eigenvalue weighted by Crippen LogP contribution is -2.54. The van der Waals surface area contributed by atoms with Crippen LogP contribution in [-0.4, -0.2) is 18.1 Å². The highest BCUT2D eigenvalue weighted by atomic mass is 15.0. The maximum atomic E-state index is 6.06. The van der Waals surface area contributed by atoms with Crippen molar-refractivity contribution < 1.29 is 0 Å². The number of nitrogens with two attached hydrogens (primary N) is 1. The third-order valence-electron chi connectivity index (χ3n) is 4.53. The molecule has 1 rings (SSSR count). The van der Waals surface area contributed by atoms with Crippen LogP contribution < -0.4 is 11.1 Å². The Morgan fingerprint density at radius 1 is 1.39 bits per heavy atom. The Hall–Kier alpha value is -0.520. The lowest BCUT2D eigenvalue weighted by molar-refractivity contribution is 0.268. The Morgan fingerprint density at radius 2 is 2.17 bits per heavy atom. The van der Waals surface area contributed by atoms with Gasteiger partial charge in [0.25, 0.3) is 0 Å². The van der Waals surface area contributed by atoms with Crippen LogP contribution in [0.15, 0.2) is 0 Å². The second-order valence-corrected chi connectivity index (χ2v) is 5.84. The summed E-state index contributed by atoms with van der Waals surface area (Å²) in [5.41, 5.74) is 6.16. The molecule has 3 atom stereocenters. The molecule has 0 aromatic rings. The van der Waals surface area contributed by atoms with Crippen molar-refractivity contribution in [1.82, 2.24) is 5.32 Å². The molecule has 0 spiro atoms. The van der Waals surface area contributed by atoms with Crippen LogP contribution in [0.2, 0.25) is 0 Å². The molecule has 0 bridgehead atoms. The summed E-state index contributed by atoms with van der Waals surface area (Å²) in [6.07, 6.45) is 15.4. The van der Waals surface area contributed by atoms with Crippen molar-refractivity contribution in [3.8, 4) is 12.3 Å². The molecule has 0 aliphatic heterocycles. The average Bonchev–Trinajstić information content (AvgIpc) is 2.61. The molecule has 2 heteroatoms. The predicted molar refractivity (Wildman–Crippen MR) is 79.3 cm³/mol. The van der Waals surface area contributed by atoms with E-state index in [1.165, 1.54) is 38.5 Å². The number of terminal acetylenes is 1. The second-order valence-electron chi connectivity index (χ2n) is 5.84. The molecular weight excluding hydrogens is 220 g/mol. The zero-order chi connectivity index (χ0) is 13.4. The number of nitrogens with one attached hydrogen (secondary N) is 1. The van der Waals surface area contributed by atoms with Crippen molar-refractivity contribution in [2.45, 2.75) is 76.8 Å². The Balaban J connectivity index is 2.64. The second kappa shape index (κ2) is 7.81. The molecule has 0 aromatic carbocycles. The normalized spacial score (nSPS) is 30.4. The van der Waals surface area contributed by atoms with Gasteiger partial charge < -0.3 is 5.73 Å². The minimum atomic E-state index is 0.0934. The van der Waals surface area contributed by atoms with E-state index >= 15 is 0 Å². The highest BCUT2D eigenvalue weighted by Gasteiger charge is 2.32. The fourth-order valence-corrected chi connectivity index (χ4v) is 3.15. The van der Waals surface area contributed by atoms with Crippen LogP contribution in [0.4, 0.5) is 0 Å². The quantitative estimate of drug-likeness (QED) is 0.561. The molecule has 0 heterocycles. The third kappa shape index (κ3) is 4.30. The van der Waals surface area contributed by atoms with Gasteiger partial charge in [-0.15, -0.1) is 6.42 Å². The van der Waals surface area contributed by atoms with Gasteiger partial charge in [0.1, 0.15) is 0 Å². The Labute approximate surface area is 113 Å². The van der Waals surface area contributed by atoms with Crippen molar-refractivity contribution in [3.05, 3.63) is 0 Å². The zero-order valence-electron chi connectivity index (χ0n) is 12.2. The van der Waals surface area contributed by atoms with Gasteiger partial charge in [0.2, 0.25) is 0 Å². The molecule has 3 unspecified atom stereocenters. The smallest absolute Gasteiger partial charge is 0.0691 e. The summed E-state index contributed by atoms with van der Waals surface area (Å²) >= 11 is 0. The Kier molecular flexibility index (Phi) is 6.75. The van der Waals surface area contributed by atoms with E-state index < -0.39 is 0 Å². The van der Waals surface area contributed by atoms with Gasteiger partial charge in [-0.05, 0) is 31.6 Å². The third-order valence-corrected chi connectivity index (χ3v) is 4.53. The summed E-state index contributed by atoms with van der Waals surface area (Å²) in [5, 5.41) is 3.69. The van der Waals surface area contributed by atoms with Gasteiger partial charge in [-0.25, -0.2) is 0 Å². The van der Waals surface area contributed by atoms with Crippen LogP contribution >= 0.6 is 0 Å². The average molecular weight is 250 g/mol. The van der Waals surface area contributed by atoms with E-state index in [0.29, 0.717) is 6.54 Å². The van der Waals surface area contributed by atoms with E-state index in [1.807, 2.05) is 0 Å². The van der Waals surface area contributed by atoms with Crippen LogP contribution in [0.1, 0.15) is 65.2 Å². The molecule has 1 aliphatic rings. The Morgan fingerprint density at radius 3 is 2.72 bits per heavy atom. The lowest BCUT2D eigenvalue weighted by Gasteiger charge is -2.35. The van der Waals surface area contributed by atoms with Crippen LogP contribution in [0, 0.1) is 18.3 Å². The van der Waals surface area contributed by atoms with Gasteiger partial charge in [-0.2, -0.15) is 0 Å². The summed E-state index contributed by atoms with van der Waals surface area (Å²) in [4.78, 5) is 0. The molecule has 0 aromatic heterocycles. The summed E-state index contributed by atoms with van der Waals surface area (Å²) in [5.74, 6) is 3.77. The molecule has 1 fully saturated rings. The maximum Gasteiger partial charge on any atom is 0.0691 e. The molecule has 18 heavy (non-hydrogen) atoms. The first-order valence-electron chi connectivity index (χ1n) is 7.63. The van der Waals surface area contributed by atoms with Crippen LogP contribution in [0.25, 0.3) is 0 Å². The summed E-state index contributed by atoms with van der Waals surface area (Å²) < 4.78 is 0. The fraction of sp³-hybridized carbons (Fsp3) is 0.875. The van der Waals surface area contributed by atoms with E-state index in [4.69, 9.17) is 12.2 Å². The molecular formula is C16H30N2. The predicted octanol–water partition coefficient (Wildman–Crippen LogP) is 3.07. The zero-order valence-corrected chi connectivity index (χ0v) is 12.2. The van der Waals surface area contributed by atoms with Gasteiger partial charge in [0.05, 0.1) is 6.04 Å². The van der Waals surface area contributed by atoms with Crippen molar-refractivity contribution in [2.75, 3.05) is 6.54 Å². The highest BCUT2D eigenvalue weighted by Crippen LogP contribution is 2.32. The van der Waals surface area contributed by atoms with E-state index in [9.17, 15) is 0 Å². The first-order chi connectivity index (χ1) is 8.69. The largest absolute Gasteiger partial charge is 0.329 e.